The molecule has 6 aromatic rings. The number of hydrogen-bond donors (Lipinski definition) is 4. The number of anilines is 4. The molecule has 4 aliphatic rings. The molecule has 4 aliphatic heterocycles. The number of fused-ring (bicyclic) bond motifs is 4. The second kappa shape index (κ2) is 19.5. The first-order chi connectivity index (χ1) is 32.0. The summed E-state index contributed by atoms with van der Waals surface area (Å²) >= 11 is 0. The standard InChI is InChI=1S/2C22H25FN6O4/c2*1-14(30)17(23)13-28-12-15-9-18(19(10-20(15)33-28)27-5-7-32-8-6-27)26-22(31)16-11-25-29-4-2-3-24-21(16)29/h2*2-4,9-11,14,17,30H,5-8,12-13H2,1H3,(H,26,31)/t2*14-,17-/m10/s1. The van der Waals surface area contributed by atoms with Crippen LogP contribution in [0.25, 0.3) is 11.3 Å². The molecule has 2 saturated heterocycles. The Balaban J connectivity index is 0.000000166. The summed E-state index contributed by atoms with van der Waals surface area (Å²) in [5.74, 6) is 0.550. The van der Waals surface area contributed by atoms with Crippen LogP contribution in [0.5, 0.6) is 11.5 Å². The van der Waals surface area contributed by atoms with E-state index in [1.165, 1.54) is 36.4 Å². The van der Waals surface area contributed by atoms with Gasteiger partial charge in [-0.1, -0.05) is 0 Å². The van der Waals surface area contributed by atoms with Gasteiger partial charge >= 0.3 is 0 Å². The van der Waals surface area contributed by atoms with E-state index in [1.54, 1.807) is 46.0 Å². The zero-order chi connectivity index (χ0) is 45.9. The predicted octanol–water partition coefficient (Wildman–Crippen LogP) is 3.29. The van der Waals surface area contributed by atoms with Crippen LogP contribution >= 0.6 is 0 Å². The second-order valence-electron chi connectivity index (χ2n) is 16.3. The lowest BCUT2D eigenvalue weighted by Crippen LogP contribution is -2.36. The number of ether oxygens (including phenoxy) is 2. The molecule has 0 spiro atoms. The number of aromatic nitrogens is 6. The van der Waals surface area contributed by atoms with E-state index in [0.29, 0.717) is 111 Å². The van der Waals surface area contributed by atoms with E-state index < -0.39 is 24.6 Å². The first-order valence-corrected chi connectivity index (χ1v) is 21.7. The minimum Gasteiger partial charge on any atom is -0.405 e. The highest BCUT2D eigenvalue weighted by atomic mass is 19.1. The number of aliphatic hydroxyl groups excluding tert-OH is 2. The van der Waals surface area contributed by atoms with Gasteiger partial charge in [0.25, 0.3) is 11.8 Å². The maximum Gasteiger partial charge on any atom is 0.261 e. The fourth-order valence-electron chi connectivity index (χ4n) is 7.95. The van der Waals surface area contributed by atoms with Crippen LogP contribution in [0.1, 0.15) is 45.7 Å². The Bertz CT molecular complexity index is 2510. The highest BCUT2D eigenvalue weighted by molar-refractivity contribution is 6.10. The van der Waals surface area contributed by atoms with Gasteiger partial charge in [0.2, 0.25) is 0 Å². The van der Waals surface area contributed by atoms with Crippen LogP contribution < -0.4 is 30.1 Å². The minimum atomic E-state index is -1.43. The summed E-state index contributed by atoms with van der Waals surface area (Å²) in [6.45, 7) is 8.35. The molecule has 0 aliphatic carbocycles. The van der Waals surface area contributed by atoms with Gasteiger partial charge in [0.05, 0.1) is 100.0 Å². The van der Waals surface area contributed by atoms with E-state index in [0.717, 1.165) is 22.5 Å². The molecule has 66 heavy (non-hydrogen) atoms. The molecule has 2 fully saturated rings. The third-order valence-corrected chi connectivity index (χ3v) is 11.6. The summed E-state index contributed by atoms with van der Waals surface area (Å²) in [6, 6.07) is 10.9. The Morgan fingerprint density at radius 2 is 1.08 bits per heavy atom. The molecule has 22 heteroatoms. The Morgan fingerprint density at radius 3 is 1.47 bits per heavy atom. The lowest BCUT2D eigenvalue weighted by atomic mass is 10.1. The number of alkyl halides is 2. The average molecular weight is 913 g/mol. The summed E-state index contributed by atoms with van der Waals surface area (Å²) in [7, 11) is 0. The molecule has 0 bridgehead atoms. The molecule has 0 unspecified atom stereocenters. The maximum absolute atomic E-state index is 14.0. The van der Waals surface area contributed by atoms with Gasteiger partial charge in [-0.05, 0) is 38.1 Å². The molecule has 4 N–H and O–H groups in total. The molecule has 4 atom stereocenters. The molecular weight excluding hydrogens is 863 g/mol. The van der Waals surface area contributed by atoms with E-state index in [2.05, 4.69) is 40.6 Å². The van der Waals surface area contributed by atoms with Gasteiger partial charge in [-0.3, -0.25) is 9.59 Å². The number of benzene rings is 2. The number of rotatable bonds is 12. The fourth-order valence-corrected chi connectivity index (χ4v) is 7.95. The molecule has 20 nitrogen and oxygen atoms in total. The number of aliphatic hydroxyl groups is 2. The van der Waals surface area contributed by atoms with Crippen LogP contribution in [0.3, 0.4) is 0 Å². The lowest BCUT2D eigenvalue weighted by molar-refractivity contribution is -0.0743. The van der Waals surface area contributed by atoms with Crippen LogP contribution in [0, 0.1) is 0 Å². The van der Waals surface area contributed by atoms with Crippen molar-refractivity contribution in [2.45, 2.75) is 51.5 Å². The number of amides is 2. The van der Waals surface area contributed by atoms with Crippen molar-refractivity contribution in [2.75, 3.05) is 86.1 Å². The van der Waals surface area contributed by atoms with Gasteiger partial charge in [0.1, 0.15) is 23.5 Å². The molecule has 0 radical (unpaired) electrons. The largest absolute Gasteiger partial charge is 0.405 e. The average Bonchev–Trinajstić information content (AvgIpc) is 4.13. The molecule has 348 valence electrons. The number of hydroxylamine groups is 4. The van der Waals surface area contributed by atoms with Crippen LogP contribution in [0.4, 0.5) is 31.5 Å². The molecular formula is C44H50F2N12O8. The summed E-state index contributed by atoms with van der Waals surface area (Å²) in [5, 5.41) is 36.3. The van der Waals surface area contributed by atoms with Gasteiger partial charge < -0.3 is 49.8 Å². The Hall–Kier alpha value is -6.56. The molecule has 10 rings (SSSR count). The number of carbonyl (C=O) groups excluding carboxylic acids is 2. The van der Waals surface area contributed by atoms with E-state index in [-0.39, 0.29) is 24.9 Å². The molecule has 0 saturated carbocycles. The molecule has 2 amide bonds. The quantitative estimate of drug-likeness (QED) is 0.139. The van der Waals surface area contributed by atoms with Crippen molar-refractivity contribution in [1.29, 1.82) is 0 Å². The minimum absolute atomic E-state index is 0.0605. The smallest absolute Gasteiger partial charge is 0.261 e. The van der Waals surface area contributed by atoms with Crippen molar-refractivity contribution in [3.63, 3.8) is 0 Å². The van der Waals surface area contributed by atoms with Gasteiger partial charge in [0, 0.05) is 74.2 Å². The van der Waals surface area contributed by atoms with Gasteiger partial charge in [-0.15, -0.1) is 10.1 Å². The second-order valence-corrected chi connectivity index (χ2v) is 16.3. The number of halogens is 2. The third-order valence-electron chi connectivity index (χ3n) is 11.6. The van der Waals surface area contributed by atoms with Crippen molar-refractivity contribution in [1.82, 2.24) is 39.3 Å². The number of morpholine rings is 2. The summed E-state index contributed by atoms with van der Waals surface area (Å²) in [5.41, 5.74) is 6.11. The molecule has 8 heterocycles. The highest BCUT2D eigenvalue weighted by Gasteiger charge is 2.31. The SMILES string of the molecule is C[C@@H](O)[C@H](F)CN1Cc2cc(NC(=O)c3cnn4cccnc34)c(N3CCOCC3)cc2O1.C[C@H](O)[C@@H](F)CN1Cc2cc(NC(=O)c3cnn4cccnc34)c(N3CCOCC3)cc2O1. The van der Waals surface area contributed by atoms with Gasteiger partial charge in [0.15, 0.2) is 22.8 Å². The predicted molar refractivity (Wildman–Crippen MR) is 236 cm³/mol. The molecule has 4 aromatic heterocycles. The number of carbonyl (C=O) groups is 2. The topological polar surface area (TPSA) is 209 Å². The van der Waals surface area contributed by atoms with E-state index in [9.17, 15) is 28.6 Å². The summed E-state index contributed by atoms with van der Waals surface area (Å²) in [6.07, 6.45) is 4.62. The van der Waals surface area contributed by atoms with Crippen LogP contribution in [0.2, 0.25) is 0 Å². The maximum atomic E-state index is 14.0. The zero-order valence-corrected chi connectivity index (χ0v) is 36.3. The van der Waals surface area contributed by atoms with Crippen LogP contribution in [0.15, 0.2) is 73.6 Å². The van der Waals surface area contributed by atoms with E-state index >= 15 is 0 Å². The first-order valence-electron chi connectivity index (χ1n) is 21.7. The van der Waals surface area contributed by atoms with Gasteiger partial charge in [-0.2, -0.15) is 10.2 Å². The number of nitrogens with one attached hydrogen (secondary N) is 2. The Kier molecular flexibility index (Phi) is 13.2. The van der Waals surface area contributed by atoms with E-state index in [4.69, 9.17) is 19.1 Å². The van der Waals surface area contributed by atoms with Crippen molar-refractivity contribution >= 4 is 45.9 Å². The van der Waals surface area contributed by atoms with Crippen LogP contribution in [-0.4, -0.2) is 152 Å². The monoisotopic (exact) mass is 912 g/mol. The van der Waals surface area contributed by atoms with Crippen molar-refractivity contribution < 1.29 is 47.7 Å². The summed E-state index contributed by atoms with van der Waals surface area (Å²) < 4.78 is 42.1. The van der Waals surface area contributed by atoms with Gasteiger partial charge in [-0.25, -0.2) is 27.8 Å². The number of hydrogen-bond acceptors (Lipinski definition) is 16. The zero-order valence-electron chi connectivity index (χ0n) is 36.3. The van der Waals surface area contributed by atoms with Crippen molar-refractivity contribution in [3.8, 4) is 11.5 Å². The van der Waals surface area contributed by atoms with Crippen molar-refractivity contribution in [2.24, 2.45) is 0 Å². The highest BCUT2D eigenvalue weighted by Crippen LogP contribution is 2.40. The lowest BCUT2D eigenvalue weighted by Gasteiger charge is -2.30. The fraction of sp³-hybridized carbons (Fsp3) is 0.409. The molecule has 2 aromatic carbocycles. The summed E-state index contributed by atoms with van der Waals surface area (Å²) in [4.78, 5) is 50.7. The Labute approximate surface area is 377 Å². The normalized spacial score (nSPS) is 18.1. The van der Waals surface area contributed by atoms with E-state index in [1.807, 2.05) is 24.3 Å². The number of nitrogens with zero attached hydrogens (tertiary/aromatic N) is 10. The first kappa shape index (κ1) is 44.6. The van der Waals surface area contributed by atoms with Crippen LogP contribution in [-0.2, 0) is 22.6 Å². The third kappa shape index (κ3) is 9.69. The Morgan fingerprint density at radius 1 is 0.667 bits per heavy atom. The van der Waals surface area contributed by atoms with Crippen molar-refractivity contribution in [3.05, 3.63) is 95.8 Å².